The van der Waals surface area contributed by atoms with Crippen LogP contribution < -0.4 is 5.32 Å². The van der Waals surface area contributed by atoms with Gasteiger partial charge < -0.3 is 5.32 Å². The summed E-state index contributed by atoms with van der Waals surface area (Å²) in [4.78, 5) is 2.73. The Morgan fingerprint density at radius 1 is 1.22 bits per heavy atom. The number of hydrogen-bond acceptors (Lipinski definition) is 2. The minimum atomic E-state index is 0.710. The molecule has 2 nitrogen and oxygen atoms in total. The van der Waals surface area contributed by atoms with Crippen LogP contribution in [0.2, 0.25) is 0 Å². The van der Waals surface area contributed by atoms with E-state index in [0.29, 0.717) is 6.04 Å². The molecule has 1 saturated heterocycles. The summed E-state index contributed by atoms with van der Waals surface area (Å²) in [6.45, 7) is 16.6. The van der Waals surface area contributed by atoms with Crippen molar-refractivity contribution >= 4 is 0 Å². The smallest absolute Gasteiger partial charge is 0.0120 e. The van der Waals surface area contributed by atoms with Gasteiger partial charge in [-0.25, -0.2) is 0 Å². The van der Waals surface area contributed by atoms with Gasteiger partial charge in [0.2, 0.25) is 0 Å². The van der Waals surface area contributed by atoms with Crippen LogP contribution in [-0.4, -0.2) is 36.1 Å². The monoisotopic (exact) mass is 254 g/mol. The molecule has 1 aliphatic heterocycles. The molecule has 1 rings (SSSR count). The third-order valence-corrected chi connectivity index (χ3v) is 4.65. The SMILES string of the molecule is CCCNC1CCN(C(C)CC(C)C)C(C)C1C. The van der Waals surface area contributed by atoms with E-state index < -0.39 is 0 Å². The summed E-state index contributed by atoms with van der Waals surface area (Å²) in [5, 5.41) is 3.73. The number of hydrogen-bond donors (Lipinski definition) is 1. The Labute approximate surface area is 115 Å². The lowest BCUT2D eigenvalue weighted by Crippen LogP contribution is -2.56. The van der Waals surface area contributed by atoms with E-state index in [2.05, 4.69) is 51.8 Å². The van der Waals surface area contributed by atoms with E-state index in [4.69, 9.17) is 0 Å². The molecule has 0 aromatic heterocycles. The van der Waals surface area contributed by atoms with Crippen LogP contribution >= 0.6 is 0 Å². The predicted octanol–water partition coefficient (Wildman–Crippen LogP) is 3.52. The number of rotatable bonds is 6. The van der Waals surface area contributed by atoms with Gasteiger partial charge in [0.25, 0.3) is 0 Å². The van der Waals surface area contributed by atoms with Crippen molar-refractivity contribution in [2.75, 3.05) is 13.1 Å². The first kappa shape index (κ1) is 16.0. The fourth-order valence-electron chi connectivity index (χ4n) is 3.45. The van der Waals surface area contributed by atoms with Crippen molar-refractivity contribution in [2.45, 2.75) is 78.9 Å². The molecule has 0 saturated carbocycles. The quantitative estimate of drug-likeness (QED) is 0.780. The minimum absolute atomic E-state index is 0.710. The van der Waals surface area contributed by atoms with Crippen molar-refractivity contribution in [1.82, 2.24) is 10.2 Å². The maximum atomic E-state index is 3.73. The van der Waals surface area contributed by atoms with Gasteiger partial charge >= 0.3 is 0 Å². The summed E-state index contributed by atoms with van der Waals surface area (Å²) in [5.41, 5.74) is 0. The highest BCUT2D eigenvalue weighted by molar-refractivity contribution is 4.90. The number of piperidine rings is 1. The summed E-state index contributed by atoms with van der Waals surface area (Å²) in [6.07, 6.45) is 3.88. The summed E-state index contributed by atoms with van der Waals surface area (Å²) < 4.78 is 0. The van der Waals surface area contributed by atoms with Gasteiger partial charge in [0.05, 0.1) is 0 Å². The first-order valence-corrected chi connectivity index (χ1v) is 7.96. The van der Waals surface area contributed by atoms with Crippen LogP contribution in [0.4, 0.5) is 0 Å². The van der Waals surface area contributed by atoms with E-state index in [1.807, 2.05) is 0 Å². The van der Waals surface area contributed by atoms with Crippen molar-refractivity contribution < 1.29 is 0 Å². The van der Waals surface area contributed by atoms with E-state index in [1.54, 1.807) is 0 Å². The third-order valence-electron chi connectivity index (χ3n) is 4.65. The van der Waals surface area contributed by atoms with Crippen LogP contribution in [0.5, 0.6) is 0 Å². The minimum Gasteiger partial charge on any atom is -0.314 e. The van der Waals surface area contributed by atoms with E-state index in [-0.39, 0.29) is 0 Å². The molecule has 1 heterocycles. The summed E-state index contributed by atoms with van der Waals surface area (Å²) in [6, 6.07) is 2.17. The van der Waals surface area contributed by atoms with Crippen molar-refractivity contribution in [3.05, 3.63) is 0 Å². The Morgan fingerprint density at radius 3 is 2.44 bits per heavy atom. The number of nitrogens with one attached hydrogen (secondary N) is 1. The van der Waals surface area contributed by atoms with Crippen molar-refractivity contribution in [3.63, 3.8) is 0 Å². The molecule has 4 unspecified atom stereocenters. The molecule has 1 fully saturated rings. The van der Waals surface area contributed by atoms with Gasteiger partial charge in [-0.05, 0) is 51.5 Å². The van der Waals surface area contributed by atoms with Crippen LogP contribution in [0.3, 0.4) is 0 Å². The zero-order chi connectivity index (χ0) is 13.7. The Bertz CT molecular complexity index is 227. The normalized spacial score (nSPS) is 31.8. The average molecular weight is 254 g/mol. The van der Waals surface area contributed by atoms with Gasteiger partial charge in [0, 0.05) is 24.7 Å². The van der Waals surface area contributed by atoms with E-state index >= 15 is 0 Å². The first-order valence-electron chi connectivity index (χ1n) is 7.96. The van der Waals surface area contributed by atoms with Crippen LogP contribution in [0, 0.1) is 11.8 Å². The molecule has 1 aliphatic rings. The standard InChI is InChI=1S/C16H34N2/c1-7-9-17-16-8-10-18(15(6)14(16)5)13(4)11-12(2)3/h12-17H,7-11H2,1-6H3. The largest absolute Gasteiger partial charge is 0.314 e. The maximum Gasteiger partial charge on any atom is 0.0120 e. The van der Waals surface area contributed by atoms with E-state index in [0.717, 1.165) is 23.9 Å². The predicted molar refractivity (Wildman–Crippen MR) is 80.9 cm³/mol. The van der Waals surface area contributed by atoms with Crippen LogP contribution in [0.15, 0.2) is 0 Å². The molecule has 18 heavy (non-hydrogen) atoms. The maximum absolute atomic E-state index is 3.73. The molecular formula is C16H34N2. The Morgan fingerprint density at radius 2 is 1.89 bits per heavy atom. The Balaban J connectivity index is 2.51. The summed E-state index contributed by atoms with van der Waals surface area (Å²) in [5.74, 6) is 1.57. The van der Waals surface area contributed by atoms with Crippen LogP contribution in [0.25, 0.3) is 0 Å². The van der Waals surface area contributed by atoms with Gasteiger partial charge in [-0.2, -0.15) is 0 Å². The number of nitrogens with zero attached hydrogens (tertiary/aromatic N) is 1. The number of likely N-dealkylation sites (tertiary alicyclic amines) is 1. The zero-order valence-electron chi connectivity index (χ0n) is 13.4. The highest BCUT2D eigenvalue weighted by Gasteiger charge is 2.34. The molecule has 0 amide bonds. The molecule has 0 aromatic carbocycles. The fraction of sp³-hybridized carbons (Fsp3) is 1.00. The highest BCUT2D eigenvalue weighted by atomic mass is 15.2. The van der Waals surface area contributed by atoms with E-state index in [1.165, 1.54) is 32.4 Å². The highest BCUT2D eigenvalue weighted by Crippen LogP contribution is 2.27. The molecule has 0 bridgehead atoms. The molecule has 108 valence electrons. The van der Waals surface area contributed by atoms with Gasteiger partial charge in [-0.1, -0.05) is 27.7 Å². The zero-order valence-corrected chi connectivity index (χ0v) is 13.4. The lowest BCUT2D eigenvalue weighted by Gasteiger charge is -2.46. The van der Waals surface area contributed by atoms with Gasteiger partial charge in [0.15, 0.2) is 0 Å². The molecule has 0 aromatic rings. The summed E-state index contributed by atoms with van der Waals surface area (Å²) in [7, 11) is 0. The lowest BCUT2D eigenvalue weighted by atomic mass is 9.85. The Kier molecular flexibility index (Phi) is 6.65. The Hall–Kier alpha value is -0.0800. The molecule has 0 aliphatic carbocycles. The van der Waals surface area contributed by atoms with Gasteiger partial charge in [-0.15, -0.1) is 0 Å². The second-order valence-corrected chi connectivity index (χ2v) is 6.67. The summed E-state index contributed by atoms with van der Waals surface area (Å²) >= 11 is 0. The molecule has 2 heteroatoms. The fourth-order valence-corrected chi connectivity index (χ4v) is 3.45. The van der Waals surface area contributed by atoms with Gasteiger partial charge in [-0.3, -0.25) is 4.90 Å². The lowest BCUT2D eigenvalue weighted by molar-refractivity contribution is 0.0455. The second-order valence-electron chi connectivity index (χ2n) is 6.67. The van der Waals surface area contributed by atoms with Gasteiger partial charge in [0.1, 0.15) is 0 Å². The molecule has 1 N–H and O–H groups in total. The van der Waals surface area contributed by atoms with Crippen molar-refractivity contribution in [3.8, 4) is 0 Å². The van der Waals surface area contributed by atoms with Crippen LogP contribution in [-0.2, 0) is 0 Å². The molecule has 0 radical (unpaired) electrons. The van der Waals surface area contributed by atoms with Crippen molar-refractivity contribution in [1.29, 1.82) is 0 Å². The molecular weight excluding hydrogens is 220 g/mol. The van der Waals surface area contributed by atoms with Crippen molar-refractivity contribution in [2.24, 2.45) is 11.8 Å². The average Bonchev–Trinajstić information content (AvgIpc) is 2.30. The molecule has 4 atom stereocenters. The van der Waals surface area contributed by atoms with E-state index in [9.17, 15) is 0 Å². The molecule has 0 spiro atoms. The third kappa shape index (κ3) is 4.24. The second kappa shape index (κ2) is 7.49. The first-order chi connectivity index (χ1) is 8.47. The topological polar surface area (TPSA) is 15.3 Å². The van der Waals surface area contributed by atoms with Crippen LogP contribution in [0.1, 0.15) is 60.8 Å².